The topological polar surface area (TPSA) is 109 Å². The van der Waals surface area contributed by atoms with E-state index in [9.17, 15) is 20.2 Å². The van der Waals surface area contributed by atoms with Crippen LogP contribution in [0.3, 0.4) is 0 Å². The van der Waals surface area contributed by atoms with Crippen molar-refractivity contribution in [1.29, 1.82) is 5.26 Å². The van der Waals surface area contributed by atoms with Gasteiger partial charge in [-0.1, -0.05) is 83.5 Å². The summed E-state index contributed by atoms with van der Waals surface area (Å²) >= 11 is 7.23. The predicted octanol–water partition coefficient (Wildman–Crippen LogP) is 6.89. The van der Waals surface area contributed by atoms with Gasteiger partial charge in [0.2, 0.25) is 5.91 Å². The van der Waals surface area contributed by atoms with E-state index in [2.05, 4.69) is 11.4 Å². The number of nitro benzene ring substituents is 1. The molecule has 3 aromatic carbocycles. The summed E-state index contributed by atoms with van der Waals surface area (Å²) in [6, 6.07) is 25.4. The van der Waals surface area contributed by atoms with Gasteiger partial charge in [0.1, 0.15) is 11.1 Å². The molecule has 1 aromatic heterocycles. The average molecular weight is 515 g/mol. The predicted molar refractivity (Wildman–Crippen MR) is 142 cm³/mol. The lowest BCUT2D eigenvalue weighted by Gasteiger charge is -2.13. The number of thioether (sulfide) groups is 1. The molecule has 1 heterocycles. The number of carbonyl (C=O) groups excluding carboxylic acids is 1. The molecule has 0 saturated carbocycles. The summed E-state index contributed by atoms with van der Waals surface area (Å²) in [5.41, 5.74) is 4.77. The van der Waals surface area contributed by atoms with Gasteiger partial charge in [0, 0.05) is 23.3 Å². The fraction of sp³-hybridized carbons (Fsp3) is 0.0741. The zero-order valence-electron chi connectivity index (χ0n) is 19.1. The van der Waals surface area contributed by atoms with Crippen molar-refractivity contribution < 1.29 is 9.72 Å². The Kier molecular flexibility index (Phi) is 7.64. The number of aromatic nitrogens is 1. The number of rotatable bonds is 7. The summed E-state index contributed by atoms with van der Waals surface area (Å²) < 4.78 is 0. The summed E-state index contributed by atoms with van der Waals surface area (Å²) in [5, 5.41) is 24.0. The summed E-state index contributed by atoms with van der Waals surface area (Å²) in [7, 11) is 0. The number of amides is 1. The second kappa shape index (κ2) is 11.0. The SMILES string of the molecule is Cc1ccc(-c2cc(-c3ccccc3)c(C#N)c(SCC(=O)Nc3ccc([N+](=O)[O-])cc3Cl)n2)cc1. The smallest absolute Gasteiger partial charge is 0.271 e. The second-order valence-corrected chi connectivity index (χ2v) is 9.21. The van der Waals surface area contributed by atoms with Crippen molar-refractivity contribution >= 4 is 40.6 Å². The van der Waals surface area contributed by atoms with Gasteiger partial charge >= 0.3 is 0 Å². The van der Waals surface area contributed by atoms with Crippen LogP contribution in [0.4, 0.5) is 11.4 Å². The number of nitrogens with one attached hydrogen (secondary N) is 1. The number of hydrogen-bond donors (Lipinski definition) is 1. The van der Waals surface area contributed by atoms with E-state index in [1.165, 1.54) is 18.2 Å². The Hall–Kier alpha value is -4.19. The maximum Gasteiger partial charge on any atom is 0.271 e. The first-order valence-corrected chi connectivity index (χ1v) is 12.2. The Bertz CT molecular complexity index is 1490. The number of carbonyl (C=O) groups is 1. The van der Waals surface area contributed by atoms with E-state index >= 15 is 0 Å². The van der Waals surface area contributed by atoms with Gasteiger partial charge in [-0.3, -0.25) is 14.9 Å². The zero-order chi connectivity index (χ0) is 25.7. The van der Waals surface area contributed by atoms with Gasteiger partial charge in [-0.15, -0.1) is 0 Å². The van der Waals surface area contributed by atoms with Gasteiger partial charge < -0.3 is 5.32 Å². The standard InChI is InChI=1S/C27H19ClN4O3S/c1-17-7-9-19(10-8-17)25-14-21(18-5-3-2-4-6-18)22(15-29)27(31-25)36-16-26(33)30-24-12-11-20(32(34)35)13-23(24)28/h2-14H,16H2,1H3,(H,30,33). The maximum absolute atomic E-state index is 12.7. The number of anilines is 1. The molecule has 1 amide bonds. The van der Waals surface area contributed by atoms with Crippen LogP contribution in [0.25, 0.3) is 22.4 Å². The molecule has 0 spiro atoms. The fourth-order valence-electron chi connectivity index (χ4n) is 3.49. The average Bonchev–Trinajstić information content (AvgIpc) is 2.89. The van der Waals surface area contributed by atoms with E-state index in [-0.39, 0.29) is 28.1 Å². The molecule has 1 N–H and O–H groups in total. The Morgan fingerprint density at radius 2 is 1.81 bits per heavy atom. The minimum absolute atomic E-state index is 0.0411. The largest absolute Gasteiger partial charge is 0.324 e. The van der Waals surface area contributed by atoms with Crippen molar-refractivity contribution in [3.63, 3.8) is 0 Å². The molecule has 0 atom stereocenters. The quantitative estimate of drug-likeness (QED) is 0.163. The Morgan fingerprint density at radius 3 is 2.44 bits per heavy atom. The van der Waals surface area contributed by atoms with Gasteiger partial charge in [0.25, 0.3) is 5.69 Å². The molecule has 0 unspecified atom stereocenters. The molecule has 4 rings (SSSR count). The minimum atomic E-state index is -0.562. The third-order valence-corrected chi connectivity index (χ3v) is 6.60. The first-order chi connectivity index (χ1) is 17.4. The lowest BCUT2D eigenvalue weighted by Crippen LogP contribution is -2.14. The van der Waals surface area contributed by atoms with Gasteiger partial charge in [0.15, 0.2) is 0 Å². The van der Waals surface area contributed by atoms with Gasteiger partial charge in [0.05, 0.1) is 32.6 Å². The summed E-state index contributed by atoms with van der Waals surface area (Å²) in [6.07, 6.45) is 0. The highest BCUT2D eigenvalue weighted by atomic mass is 35.5. The molecule has 4 aromatic rings. The monoisotopic (exact) mass is 514 g/mol. The number of nitriles is 1. The first-order valence-electron chi connectivity index (χ1n) is 10.8. The summed E-state index contributed by atoms with van der Waals surface area (Å²) in [4.78, 5) is 27.7. The van der Waals surface area contributed by atoms with E-state index in [0.29, 0.717) is 16.3 Å². The lowest BCUT2D eigenvalue weighted by atomic mass is 9.99. The van der Waals surface area contributed by atoms with Crippen LogP contribution in [0.2, 0.25) is 5.02 Å². The first kappa shape index (κ1) is 24.9. The molecule has 0 aliphatic heterocycles. The van der Waals surface area contributed by atoms with E-state index in [1.807, 2.05) is 67.6 Å². The lowest BCUT2D eigenvalue weighted by molar-refractivity contribution is -0.384. The van der Waals surface area contributed by atoms with Crippen molar-refractivity contribution in [2.45, 2.75) is 11.9 Å². The Labute approximate surface area is 216 Å². The minimum Gasteiger partial charge on any atom is -0.324 e. The van der Waals surface area contributed by atoms with Crippen molar-refractivity contribution in [3.05, 3.63) is 105 Å². The normalized spacial score (nSPS) is 10.5. The second-order valence-electron chi connectivity index (χ2n) is 7.84. The van der Waals surface area contributed by atoms with Crippen LogP contribution in [0.1, 0.15) is 11.1 Å². The molecule has 0 saturated heterocycles. The van der Waals surface area contributed by atoms with E-state index in [0.717, 1.165) is 34.0 Å². The highest BCUT2D eigenvalue weighted by Gasteiger charge is 2.18. The molecule has 0 aliphatic carbocycles. The van der Waals surface area contributed by atoms with Gasteiger partial charge in [-0.05, 0) is 24.6 Å². The molecular formula is C27H19ClN4O3S. The fourth-order valence-corrected chi connectivity index (χ4v) is 4.52. The molecule has 0 radical (unpaired) electrons. The van der Waals surface area contributed by atoms with Gasteiger partial charge in [-0.25, -0.2) is 4.98 Å². The third-order valence-electron chi connectivity index (χ3n) is 5.31. The molecule has 7 nitrogen and oxygen atoms in total. The number of halogens is 1. The summed E-state index contributed by atoms with van der Waals surface area (Å²) in [6.45, 7) is 2.00. The van der Waals surface area contributed by atoms with Crippen molar-refractivity contribution in [1.82, 2.24) is 4.98 Å². The van der Waals surface area contributed by atoms with Crippen LogP contribution in [-0.2, 0) is 4.79 Å². The molecule has 0 aliphatic rings. The highest BCUT2D eigenvalue weighted by Crippen LogP contribution is 2.34. The van der Waals surface area contributed by atoms with Crippen LogP contribution in [-0.4, -0.2) is 21.6 Å². The molecule has 0 bridgehead atoms. The van der Waals surface area contributed by atoms with Crippen molar-refractivity contribution in [2.24, 2.45) is 0 Å². The third kappa shape index (κ3) is 5.71. The van der Waals surface area contributed by atoms with Crippen LogP contribution < -0.4 is 5.32 Å². The highest BCUT2D eigenvalue weighted by molar-refractivity contribution is 8.00. The number of non-ortho nitro benzene ring substituents is 1. The van der Waals surface area contributed by atoms with Crippen molar-refractivity contribution in [3.8, 4) is 28.5 Å². The molecular weight excluding hydrogens is 496 g/mol. The van der Waals surface area contributed by atoms with Crippen molar-refractivity contribution in [2.75, 3.05) is 11.1 Å². The number of nitro groups is 1. The van der Waals surface area contributed by atoms with E-state index < -0.39 is 4.92 Å². The van der Waals surface area contributed by atoms with Crippen LogP contribution >= 0.6 is 23.4 Å². The Morgan fingerprint density at radius 1 is 1.08 bits per heavy atom. The number of nitrogens with zero attached hydrogens (tertiary/aromatic N) is 3. The van der Waals surface area contributed by atoms with Crippen LogP contribution in [0.5, 0.6) is 0 Å². The number of benzene rings is 3. The number of pyridine rings is 1. The zero-order valence-corrected chi connectivity index (χ0v) is 20.6. The van der Waals surface area contributed by atoms with E-state index in [1.54, 1.807) is 0 Å². The Balaban J connectivity index is 1.64. The number of hydrogen-bond acceptors (Lipinski definition) is 6. The van der Waals surface area contributed by atoms with Gasteiger partial charge in [-0.2, -0.15) is 5.26 Å². The molecule has 178 valence electrons. The molecule has 0 fully saturated rings. The summed E-state index contributed by atoms with van der Waals surface area (Å²) in [5.74, 6) is -0.427. The number of aryl methyl sites for hydroxylation is 1. The molecule has 9 heteroatoms. The van der Waals surface area contributed by atoms with Crippen LogP contribution in [0.15, 0.2) is 83.9 Å². The van der Waals surface area contributed by atoms with Crippen LogP contribution in [0, 0.1) is 28.4 Å². The molecule has 36 heavy (non-hydrogen) atoms. The van der Waals surface area contributed by atoms with E-state index in [4.69, 9.17) is 16.6 Å². The maximum atomic E-state index is 12.7.